The Morgan fingerprint density at radius 1 is 0.679 bits per heavy atom. The van der Waals surface area contributed by atoms with Crippen molar-refractivity contribution in [3.63, 3.8) is 0 Å². The van der Waals surface area contributed by atoms with E-state index in [0.717, 1.165) is 37.2 Å². The van der Waals surface area contributed by atoms with E-state index < -0.39 is 59.5 Å². The van der Waals surface area contributed by atoms with Gasteiger partial charge in [-0.1, -0.05) is 74.7 Å². The molecule has 0 unspecified atom stereocenters. The summed E-state index contributed by atoms with van der Waals surface area (Å²) in [6.07, 6.45) is 8.00. The first kappa shape index (κ1) is 55.4. The van der Waals surface area contributed by atoms with Crippen molar-refractivity contribution in [1.29, 1.82) is 0 Å². The maximum atomic E-state index is 12.9. The predicted octanol–water partition coefficient (Wildman–Crippen LogP) is 4.76. The summed E-state index contributed by atoms with van der Waals surface area (Å²) in [6, 6.07) is 0. The summed E-state index contributed by atoms with van der Waals surface area (Å²) in [7, 11) is 0. The summed E-state index contributed by atoms with van der Waals surface area (Å²) >= 11 is 8.67. The van der Waals surface area contributed by atoms with Crippen LogP contribution in [0.15, 0.2) is 53.7 Å². The van der Waals surface area contributed by atoms with Crippen LogP contribution in [0.2, 0.25) is 5.15 Å². The van der Waals surface area contributed by atoms with Gasteiger partial charge in [0.2, 0.25) is 0 Å². The first-order valence-electron chi connectivity index (χ1n) is 14.2. The van der Waals surface area contributed by atoms with E-state index in [-0.39, 0.29) is 84.1 Å². The third-order valence-electron chi connectivity index (χ3n) is 4.91. The van der Waals surface area contributed by atoms with Gasteiger partial charge in [0, 0.05) is 4.08 Å². The number of aliphatic hydroxyl groups excluding tert-OH is 2. The monoisotopic (exact) mass is 1060 g/mol. The molecule has 0 aromatic carbocycles. The van der Waals surface area contributed by atoms with E-state index in [2.05, 4.69) is 54.4 Å². The molecule has 4 aromatic heterocycles. The minimum Gasteiger partial charge on any atom is -0.850 e. The molecule has 0 radical (unpaired) electrons. The fourth-order valence-corrected chi connectivity index (χ4v) is 3.23. The van der Waals surface area contributed by atoms with Gasteiger partial charge in [-0.05, 0) is 22.6 Å². The Kier molecular flexibility index (Phi) is 26.8. The second kappa shape index (κ2) is 27.1. The van der Waals surface area contributed by atoms with E-state index in [1.165, 1.54) is 16.5 Å². The van der Waals surface area contributed by atoms with Gasteiger partial charge in [-0.15, -0.1) is 20.6 Å². The van der Waals surface area contributed by atoms with Crippen LogP contribution in [0.4, 0.5) is 48.2 Å². The molecule has 0 aliphatic heterocycles. The van der Waals surface area contributed by atoms with Gasteiger partial charge in [-0.2, -0.15) is 26.3 Å². The Morgan fingerprint density at radius 3 is 1.27 bits per heavy atom. The number of aliphatic hydroxyl groups is 2. The molecule has 14 nitrogen and oxygen atoms in total. The molecule has 0 saturated heterocycles. The zero-order valence-corrected chi connectivity index (χ0v) is 37.5. The maximum absolute atomic E-state index is 12.9. The van der Waals surface area contributed by atoms with Crippen molar-refractivity contribution < 1.29 is 97.4 Å². The minimum absolute atomic E-state index is 0. The van der Waals surface area contributed by atoms with E-state index in [4.69, 9.17) is 41.5 Å². The molecule has 0 bridgehead atoms. The SMILES string of the molecule is CC(C)(C)[O-].OCC(F)(F)c1cnc(Cl)cn1.[C-]#[N+]c1cnc(/C(F)=C/I)cn1.[C-]#[N+]c1cnc(C(F)(F)CI)cn1.[C-]#[N+]c1cnc(C(F)(F)CO)cn1.[K+]. The van der Waals surface area contributed by atoms with Gasteiger partial charge in [0.05, 0.1) is 35.4 Å². The molecule has 4 rings (SSSR count). The second-order valence-electron chi connectivity index (χ2n) is 10.5. The van der Waals surface area contributed by atoms with Crippen LogP contribution in [0.3, 0.4) is 0 Å². The van der Waals surface area contributed by atoms with Crippen molar-refractivity contribution in [3.05, 3.63) is 116 Å². The molecule has 0 fully saturated rings. The fourth-order valence-electron chi connectivity index (χ4n) is 2.43. The molecule has 4 aromatic rings. The van der Waals surface area contributed by atoms with Crippen LogP contribution in [0.1, 0.15) is 43.5 Å². The second-order valence-corrected chi connectivity index (χ2v) is 12.2. The van der Waals surface area contributed by atoms with Gasteiger partial charge in [0.15, 0.2) is 17.2 Å². The van der Waals surface area contributed by atoms with Crippen LogP contribution in [0.5, 0.6) is 0 Å². The molecule has 2 N–H and O–H groups in total. The van der Waals surface area contributed by atoms with E-state index >= 15 is 0 Å². The third-order valence-corrected chi connectivity index (χ3v) is 6.61. The molecule has 294 valence electrons. The van der Waals surface area contributed by atoms with Crippen LogP contribution < -0.4 is 56.5 Å². The standard InChI is InChI=1S/C7H4F2IN3.C7H5F2N3O.C7H3FIN3.C6H5ClF2N2O.C4H9O.K/c1-11-6-3-12-5(2-13-6)7(8,9)4-10;1-10-6-3-11-5(2-12-6)7(8,9)4-13;1-10-7-4-11-6(3-12-7)5(8)2-9;7-5-2-10-4(1-11-5)6(8,9)3-12;1-4(2,3)5;/h2-3H,4H2;2-3,13H,4H2;2-4H;1-2,12H,3H2;1-3H3;/q;;;;-1;+1/b;;5-2-;;;. The quantitative estimate of drug-likeness (QED) is 0.0858. The van der Waals surface area contributed by atoms with Gasteiger partial charge < -0.3 is 29.9 Å². The number of aromatic nitrogens is 8. The van der Waals surface area contributed by atoms with E-state index in [1.807, 2.05) is 0 Å². The molecule has 25 heteroatoms. The van der Waals surface area contributed by atoms with E-state index in [1.54, 1.807) is 66.0 Å². The molecule has 0 aliphatic carbocycles. The summed E-state index contributed by atoms with van der Waals surface area (Å²) in [5.74, 6) is -10.0. The van der Waals surface area contributed by atoms with Gasteiger partial charge >= 0.3 is 69.2 Å². The summed E-state index contributed by atoms with van der Waals surface area (Å²) in [5, 5.41) is 26.7. The zero-order valence-electron chi connectivity index (χ0n) is 29.3. The Hall–Kier alpha value is -2.69. The normalized spacial score (nSPS) is 11.0. The summed E-state index contributed by atoms with van der Waals surface area (Å²) in [6.45, 7) is 21.9. The van der Waals surface area contributed by atoms with E-state index in [0.29, 0.717) is 0 Å². The molecular weight excluding hydrogens is 1040 g/mol. The summed E-state index contributed by atoms with van der Waals surface area (Å²) in [5.41, 5.74) is -2.22. The minimum atomic E-state index is -3.40. The largest absolute Gasteiger partial charge is 1.00 e. The van der Waals surface area contributed by atoms with Crippen LogP contribution in [-0.4, -0.2) is 73.3 Å². The molecule has 0 aliphatic rings. The van der Waals surface area contributed by atoms with Crippen molar-refractivity contribution in [1.82, 2.24) is 39.9 Å². The smallest absolute Gasteiger partial charge is 0.850 e. The number of halogens is 10. The van der Waals surface area contributed by atoms with Crippen molar-refractivity contribution in [2.75, 3.05) is 17.6 Å². The number of alkyl halides is 7. The van der Waals surface area contributed by atoms with Gasteiger partial charge in [0.1, 0.15) is 48.3 Å². The molecule has 4 heterocycles. The summed E-state index contributed by atoms with van der Waals surface area (Å²) in [4.78, 5) is 36.6. The van der Waals surface area contributed by atoms with Crippen molar-refractivity contribution >= 4 is 80.1 Å². The molecular formula is C31H26ClF7I2KN11O3. The van der Waals surface area contributed by atoms with E-state index in [9.17, 15) is 35.8 Å². The number of hydrogen-bond acceptors (Lipinski definition) is 11. The third kappa shape index (κ3) is 22.3. The van der Waals surface area contributed by atoms with Crippen LogP contribution in [0, 0.1) is 19.7 Å². The number of hydrogen-bond donors (Lipinski definition) is 2. The molecule has 0 saturated carbocycles. The first-order valence-corrected chi connectivity index (χ1v) is 17.3. The van der Waals surface area contributed by atoms with Gasteiger partial charge in [-0.3, -0.25) is 19.9 Å². The van der Waals surface area contributed by atoms with Gasteiger partial charge in [-0.25, -0.2) is 9.37 Å². The molecule has 0 amide bonds. The Bertz CT molecular complexity index is 1840. The van der Waals surface area contributed by atoms with Crippen LogP contribution >= 0.6 is 56.8 Å². The average Bonchev–Trinajstić information content (AvgIpc) is 3.18. The Balaban J connectivity index is 0. The van der Waals surface area contributed by atoms with Crippen molar-refractivity contribution in [2.24, 2.45) is 0 Å². The van der Waals surface area contributed by atoms with Crippen LogP contribution in [0.25, 0.3) is 20.4 Å². The Morgan fingerprint density at radius 2 is 1.02 bits per heavy atom. The number of nitrogens with zero attached hydrogens (tertiary/aromatic N) is 11. The van der Waals surface area contributed by atoms with Gasteiger partial charge in [0.25, 0.3) is 17.5 Å². The first-order chi connectivity index (χ1) is 25.5. The zero-order chi connectivity index (χ0) is 42.5. The van der Waals surface area contributed by atoms with Crippen molar-refractivity contribution in [3.8, 4) is 0 Å². The fraction of sp³-hybridized carbons (Fsp3) is 0.323. The maximum Gasteiger partial charge on any atom is 1.00 e. The molecule has 0 spiro atoms. The topological polar surface area (TPSA) is 180 Å². The Labute approximate surface area is 390 Å². The molecule has 56 heavy (non-hydrogen) atoms. The predicted molar refractivity (Wildman–Crippen MR) is 200 cm³/mol. The average molecular weight is 1060 g/mol. The summed E-state index contributed by atoms with van der Waals surface area (Å²) < 4.78 is 90.2. The van der Waals surface area contributed by atoms with Crippen LogP contribution in [-0.2, 0) is 17.8 Å². The number of rotatable bonds is 7. The molecule has 0 atom stereocenters. The van der Waals surface area contributed by atoms with Crippen molar-refractivity contribution in [2.45, 2.75) is 44.1 Å².